The molecule has 0 unspecified atom stereocenters. The van der Waals surface area contributed by atoms with Crippen LogP contribution < -0.4 is 9.64 Å². The number of anilines is 1. The molecule has 2 aliphatic rings. The van der Waals surface area contributed by atoms with Crippen LogP contribution in [0.4, 0.5) is 11.4 Å². The number of ether oxygens (including phenoxy) is 1. The summed E-state index contributed by atoms with van der Waals surface area (Å²) >= 11 is 0. The molecule has 0 aliphatic carbocycles. The Kier molecular flexibility index (Phi) is 3.84. The number of nitro benzene ring substituents is 1. The Labute approximate surface area is 152 Å². The van der Waals surface area contributed by atoms with Crippen LogP contribution in [-0.4, -0.2) is 35.7 Å². The molecule has 0 radical (unpaired) electrons. The first-order valence-corrected chi connectivity index (χ1v) is 8.01. The van der Waals surface area contributed by atoms with E-state index in [0.717, 1.165) is 4.90 Å². The van der Waals surface area contributed by atoms with Crippen LogP contribution >= 0.6 is 0 Å². The summed E-state index contributed by atoms with van der Waals surface area (Å²) in [6.45, 7) is 0. The van der Waals surface area contributed by atoms with Gasteiger partial charge in [-0.15, -0.1) is 0 Å². The normalized spacial score (nSPS) is 20.9. The molecule has 2 aromatic carbocycles. The first-order valence-electron chi connectivity index (χ1n) is 8.01. The van der Waals surface area contributed by atoms with E-state index in [1.165, 1.54) is 31.4 Å². The zero-order chi connectivity index (χ0) is 19.1. The van der Waals surface area contributed by atoms with Crippen molar-refractivity contribution >= 4 is 28.9 Å². The summed E-state index contributed by atoms with van der Waals surface area (Å²) in [5, 5.41) is 14.7. The molecular formula is C18H13N3O6. The lowest BCUT2D eigenvalue weighted by Crippen LogP contribution is -2.33. The maximum Gasteiger partial charge on any atom is 0.278 e. The van der Waals surface area contributed by atoms with E-state index in [-0.39, 0.29) is 11.4 Å². The Balaban J connectivity index is 1.64. The molecule has 0 spiro atoms. The summed E-state index contributed by atoms with van der Waals surface area (Å²) in [6, 6.07) is 12.1. The Morgan fingerprint density at radius 2 is 1.74 bits per heavy atom. The number of nitrogens with zero attached hydrogens (tertiary/aromatic N) is 3. The number of methoxy groups -OCH3 is 1. The predicted molar refractivity (Wildman–Crippen MR) is 93.5 cm³/mol. The van der Waals surface area contributed by atoms with Crippen molar-refractivity contribution < 1.29 is 24.1 Å². The van der Waals surface area contributed by atoms with Crippen LogP contribution in [0.1, 0.15) is 5.56 Å². The highest BCUT2D eigenvalue weighted by Crippen LogP contribution is 2.35. The minimum absolute atomic E-state index is 0.0801. The summed E-state index contributed by atoms with van der Waals surface area (Å²) < 4.78 is 5.08. The average Bonchev–Trinajstić information content (AvgIpc) is 3.22. The predicted octanol–water partition coefficient (Wildman–Crippen LogP) is 1.90. The molecule has 9 heteroatoms. The second-order valence-electron chi connectivity index (χ2n) is 5.99. The molecule has 136 valence electrons. The van der Waals surface area contributed by atoms with Gasteiger partial charge in [0, 0.05) is 17.7 Å². The van der Waals surface area contributed by atoms with E-state index in [2.05, 4.69) is 5.16 Å². The SMILES string of the molecule is COc1ccc(N2C(=O)[C@@H]3C(c4ccc([N+](=O)[O-])cc4)=NO[C@@H]3C2=O)cc1. The molecule has 2 atom stereocenters. The maximum atomic E-state index is 12.9. The molecule has 9 nitrogen and oxygen atoms in total. The van der Waals surface area contributed by atoms with Crippen LogP contribution in [0.25, 0.3) is 0 Å². The third-order valence-corrected chi connectivity index (χ3v) is 4.52. The van der Waals surface area contributed by atoms with Crippen molar-refractivity contribution in [1.29, 1.82) is 0 Å². The molecule has 2 amide bonds. The molecule has 0 aromatic heterocycles. The summed E-state index contributed by atoms with van der Waals surface area (Å²) in [5.41, 5.74) is 1.10. The maximum absolute atomic E-state index is 12.9. The van der Waals surface area contributed by atoms with Crippen molar-refractivity contribution in [3.8, 4) is 5.75 Å². The quantitative estimate of drug-likeness (QED) is 0.463. The zero-order valence-electron chi connectivity index (χ0n) is 14.1. The third kappa shape index (κ3) is 2.60. The fourth-order valence-corrected chi connectivity index (χ4v) is 3.16. The van der Waals surface area contributed by atoms with E-state index in [4.69, 9.17) is 9.57 Å². The molecule has 2 aliphatic heterocycles. The molecule has 0 saturated carbocycles. The van der Waals surface area contributed by atoms with E-state index >= 15 is 0 Å². The number of non-ortho nitro benzene ring substituents is 1. The number of amides is 2. The molecule has 2 aromatic rings. The van der Waals surface area contributed by atoms with Crippen LogP contribution in [0.3, 0.4) is 0 Å². The molecule has 4 rings (SSSR count). The van der Waals surface area contributed by atoms with Gasteiger partial charge in [0.15, 0.2) is 0 Å². The van der Waals surface area contributed by atoms with Gasteiger partial charge < -0.3 is 9.57 Å². The summed E-state index contributed by atoms with van der Waals surface area (Å²) in [5.74, 6) is -1.25. The third-order valence-electron chi connectivity index (χ3n) is 4.52. The molecule has 0 N–H and O–H groups in total. The van der Waals surface area contributed by atoms with Gasteiger partial charge in [-0.25, -0.2) is 4.90 Å². The monoisotopic (exact) mass is 367 g/mol. The van der Waals surface area contributed by atoms with Gasteiger partial charge in [-0.05, 0) is 36.4 Å². The number of fused-ring (bicyclic) bond motifs is 1. The molecular weight excluding hydrogens is 354 g/mol. The second kappa shape index (κ2) is 6.20. The smallest absolute Gasteiger partial charge is 0.278 e. The fourth-order valence-electron chi connectivity index (χ4n) is 3.16. The van der Waals surface area contributed by atoms with E-state index in [1.807, 2.05) is 0 Å². The number of carbonyl (C=O) groups excluding carboxylic acids is 2. The first kappa shape index (κ1) is 16.7. The highest BCUT2D eigenvalue weighted by molar-refractivity contribution is 6.32. The van der Waals surface area contributed by atoms with Crippen molar-refractivity contribution in [3.05, 3.63) is 64.2 Å². The van der Waals surface area contributed by atoms with Gasteiger partial charge >= 0.3 is 0 Å². The Morgan fingerprint density at radius 3 is 2.33 bits per heavy atom. The van der Waals surface area contributed by atoms with Crippen molar-refractivity contribution in [2.24, 2.45) is 11.1 Å². The van der Waals surface area contributed by atoms with Gasteiger partial charge in [0.2, 0.25) is 12.0 Å². The van der Waals surface area contributed by atoms with Gasteiger partial charge in [-0.1, -0.05) is 5.16 Å². The van der Waals surface area contributed by atoms with Crippen LogP contribution in [0.5, 0.6) is 5.75 Å². The second-order valence-corrected chi connectivity index (χ2v) is 5.99. The lowest BCUT2D eigenvalue weighted by Gasteiger charge is -2.15. The average molecular weight is 367 g/mol. The fraction of sp³-hybridized carbons (Fsp3) is 0.167. The minimum Gasteiger partial charge on any atom is -0.497 e. The number of carbonyl (C=O) groups is 2. The number of hydrogen-bond donors (Lipinski definition) is 0. The van der Waals surface area contributed by atoms with Gasteiger partial charge in [0.05, 0.1) is 17.7 Å². The highest BCUT2D eigenvalue weighted by Gasteiger charge is 2.56. The lowest BCUT2D eigenvalue weighted by molar-refractivity contribution is -0.384. The van der Waals surface area contributed by atoms with Crippen molar-refractivity contribution in [1.82, 2.24) is 0 Å². The summed E-state index contributed by atoms with van der Waals surface area (Å²) in [4.78, 5) is 42.1. The van der Waals surface area contributed by atoms with Gasteiger partial charge in [-0.3, -0.25) is 19.7 Å². The van der Waals surface area contributed by atoms with Crippen LogP contribution in [-0.2, 0) is 14.4 Å². The topological polar surface area (TPSA) is 111 Å². The number of benzene rings is 2. The molecule has 27 heavy (non-hydrogen) atoms. The van der Waals surface area contributed by atoms with Crippen LogP contribution in [0.15, 0.2) is 53.7 Å². The number of nitro groups is 1. The number of rotatable bonds is 4. The molecule has 2 heterocycles. The van der Waals surface area contributed by atoms with E-state index < -0.39 is 28.8 Å². The molecule has 0 bridgehead atoms. The Morgan fingerprint density at radius 1 is 1.07 bits per heavy atom. The largest absolute Gasteiger partial charge is 0.497 e. The summed E-state index contributed by atoms with van der Waals surface area (Å²) in [7, 11) is 1.52. The van der Waals surface area contributed by atoms with Crippen molar-refractivity contribution in [2.45, 2.75) is 6.10 Å². The van der Waals surface area contributed by atoms with Gasteiger partial charge in [0.1, 0.15) is 17.4 Å². The van der Waals surface area contributed by atoms with Gasteiger partial charge in [0.25, 0.3) is 11.6 Å². The van der Waals surface area contributed by atoms with Gasteiger partial charge in [-0.2, -0.15) is 0 Å². The van der Waals surface area contributed by atoms with Crippen LogP contribution in [0, 0.1) is 16.0 Å². The van der Waals surface area contributed by atoms with Crippen LogP contribution in [0.2, 0.25) is 0 Å². The molecule has 1 saturated heterocycles. The number of oxime groups is 1. The lowest BCUT2D eigenvalue weighted by atomic mass is 9.94. The first-order chi connectivity index (χ1) is 13.0. The standard InChI is InChI=1S/C18H13N3O6/c1-26-13-8-6-11(7-9-13)20-17(22)14-15(19-27-16(14)18(20)23)10-2-4-12(5-3-10)21(24)25/h2-9,14,16H,1H3/t14-,16+/m1/s1. The number of imide groups is 1. The van der Waals surface area contributed by atoms with E-state index in [9.17, 15) is 19.7 Å². The van der Waals surface area contributed by atoms with Crippen molar-refractivity contribution in [3.63, 3.8) is 0 Å². The summed E-state index contributed by atoms with van der Waals surface area (Å²) in [6.07, 6.45) is -1.04. The highest BCUT2D eigenvalue weighted by atomic mass is 16.7. The van der Waals surface area contributed by atoms with E-state index in [1.54, 1.807) is 24.3 Å². The molecule has 1 fully saturated rings. The van der Waals surface area contributed by atoms with E-state index in [0.29, 0.717) is 17.0 Å². The zero-order valence-corrected chi connectivity index (χ0v) is 14.1. The van der Waals surface area contributed by atoms with Crippen molar-refractivity contribution in [2.75, 3.05) is 12.0 Å². The number of hydrogen-bond acceptors (Lipinski definition) is 7. The Hall–Kier alpha value is -3.75. The Bertz CT molecular complexity index is 968. The minimum atomic E-state index is -1.04.